The highest BCUT2D eigenvalue weighted by Crippen LogP contribution is 2.29. The number of rotatable bonds is 5. The van der Waals surface area contributed by atoms with Crippen LogP contribution in [0.4, 0.5) is 17.6 Å². The normalized spacial score (nSPS) is 23.0. The predicted octanol–water partition coefficient (Wildman–Crippen LogP) is 3.56. The van der Waals surface area contributed by atoms with E-state index in [0.29, 0.717) is 29.6 Å². The molecule has 27 heavy (non-hydrogen) atoms. The number of hydrogen-bond donors (Lipinski definition) is 2. The Morgan fingerprint density at radius 1 is 1.22 bits per heavy atom. The zero-order chi connectivity index (χ0) is 19.2. The van der Waals surface area contributed by atoms with Gasteiger partial charge in [-0.25, -0.2) is 0 Å². The van der Waals surface area contributed by atoms with Gasteiger partial charge in [-0.2, -0.15) is 9.97 Å². The molecule has 2 saturated heterocycles. The van der Waals surface area contributed by atoms with E-state index >= 15 is 0 Å². The van der Waals surface area contributed by atoms with Crippen molar-refractivity contribution in [2.24, 2.45) is 5.92 Å². The number of hydrogen-bond acceptors (Lipinski definition) is 5. The van der Waals surface area contributed by atoms with Crippen molar-refractivity contribution in [2.45, 2.75) is 52.0 Å². The summed E-state index contributed by atoms with van der Waals surface area (Å²) in [4.78, 5) is 14.4. The smallest absolute Gasteiger partial charge is 0.232 e. The molecule has 148 valence electrons. The first-order valence-electron chi connectivity index (χ1n) is 10.1. The lowest BCUT2D eigenvalue weighted by Crippen LogP contribution is -2.39. The maximum atomic E-state index is 5.37. The molecule has 6 nitrogen and oxygen atoms in total. The molecule has 0 bridgehead atoms. The fourth-order valence-electron chi connectivity index (χ4n) is 3.93. The van der Waals surface area contributed by atoms with Crippen LogP contribution in [0.2, 0.25) is 0 Å². The molecule has 0 saturated carbocycles. The van der Waals surface area contributed by atoms with E-state index in [9.17, 15) is 0 Å². The quantitative estimate of drug-likeness (QED) is 0.591. The molecule has 0 unspecified atom stereocenters. The monoisotopic (exact) mass is 388 g/mol. The average molecular weight is 389 g/mol. The number of anilines is 3. The van der Waals surface area contributed by atoms with Crippen molar-refractivity contribution < 1.29 is 0 Å². The summed E-state index contributed by atoms with van der Waals surface area (Å²) in [6, 6.07) is 2.66. The molecule has 2 N–H and O–H groups in total. The molecular formula is C20H32N6S. The van der Waals surface area contributed by atoms with E-state index in [1.54, 1.807) is 6.08 Å². The van der Waals surface area contributed by atoms with Gasteiger partial charge >= 0.3 is 0 Å². The molecule has 2 aliphatic rings. The van der Waals surface area contributed by atoms with Crippen LogP contribution in [-0.2, 0) is 0 Å². The van der Waals surface area contributed by atoms with E-state index < -0.39 is 0 Å². The third kappa shape index (κ3) is 5.31. The van der Waals surface area contributed by atoms with E-state index in [4.69, 9.17) is 22.2 Å². The Morgan fingerprint density at radius 3 is 2.78 bits per heavy atom. The van der Waals surface area contributed by atoms with E-state index in [1.807, 2.05) is 0 Å². The Bertz CT molecular complexity index is 664. The van der Waals surface area contributed by atoms with Crippen LogP contribution in [0.5, 0.6) is 0 Å². The molecule has 0 aliphatic carbocycles. The summed E-state index contributed by atoms with van der Waals surface area (Å²) in [6.45, 7) is 12.1. The van der Waals surface area contributed by atoms with Gasteiger partial charge in [0.25, 0.3) is 0 Å². The molecule has 7 heteroatoms. The minimum atomic E-state index is 0.500. The van der Waals surface area contributed by atoms with Gasteiger partial charge in [-0.3, -0.25) is 0 Å². The van der Waals surface area contributed by atoms with Crippen LogP contribution in [0.1, 0.15) is 46.0 Å². The van der Waals surface area contributed by atoms with Crippen molar-refractivity contribution in [3.63, 3.8) is 0 Å². The lowest BCUT2D eigenvalue weighted by Gasteiger charge is -2.36. The van der Waals surface area contributed by atoms with Crippen molar-refractivity contribution in [1.82, 2.24) is 15.3 Å². The number of aromatic nitrogens is 2. The Balaban J connectivity index is 1.87. The molecule has 2 aliphatic heterocycles. The number of piperidine rings is 2. The number of nitrogens with zero attached hydrogens (tertiary/aromatic N) is 4. The van der Waals surface area contributed by atoms with Crippen LogP contribution in [0.3, 0.4) is 0 Å². The van der Waals surface area contributed by atoms with Crippen LogP contribution >= 0.6 is 12.2 Å². The van der Waals surface area contributed by atoms with Gasteiger partial charge in [-0.1, -0.05) is 13.0 Å². The molecule has 0 amide bonds. The molecule has 2 atom stereocenters. The third-order valence-electron chi connectivity index (χ3n) is 5.41. The van der Waals surface area contributed by atoms with E-state index in [1.165, 1.54) is 32.1 Å². The van der Waals surface area contributed by atoms with Gasteiger partial charge in [0.1, 0.15) is 11.6 Å². The highest BCUT2D eigenvalue weighted by molar-refractivity contribution is 7.80. The Labute approximate surface area is 168 Å². The van der Waals surface area contributed by atoms with E-state index in [0.717, 1.165) is 31.3 Å². The Kier molecular flexibility index (Phi) is 6.88. The number of nitrogens with one attached hydrogen (secondary N) is 2. The first kappa shape index (κ1) is 19.9. The zero-order valence-electron chi connectivity index (χ0n) is 16.6. The van der Waals surface area contributed by atoms with Crippen molar-refractivity contribution in [3.05, 3.63) is 18.7 Å². The summed E-state index contributed by atoms with van der Waals surface area (Å²) >= 11 is 5.37. The molecule has 3 rings (SSSR count). The minimum Gasteiger partial charge on any atom is -0.359 e. The van der Waals surface area contributed by atoms with Gasteiger partial charge < -0.3 is 20.4 Å². The largest absolute Gasteiger partial charge is 0.359 e. The van der Waals surface area contributed by atoms with Gasteiger partial charge in [0, 0.05) is 38.3 Å². The second kappa shape index (κ2) is 9.35. The molecular weight excluding hydrogens is 356 g/mol. The summed E-state index contributed by atoms with van der Waals surface area (Å²) < 4.78 is 0. The van der Waals surface area contributed by atoms with Gasteiger partial charge in [-0.15, -0.1) is 6.58 Å². The minimum absolute atomic E-state index is 0.500. The summed E-state index contributed by atoms with van der Waals surface area (Å²) in [5, 5.41) is 6.77. The zero-order valence-corrected chi connectivity index (χ0v) is 17.4. The molecule has 1 aromatic rings. The van der Waals surface area contributed by atoms with Crippen molar-refractivity contribution in [1.29, 1.82) is 0 Å². The Morgan fingerprint density at radius 2 is 2.04 bits per heavy atom. The van der Waals surface area contributed by atoms with Crippen molar-refractivity contribution in [2.75, 3.05) is 41.3 Å². The van der Waals surface area contributed by atoms with Gasteiger partial charge in [0.2, 0.25) is 5.95 Å². The molecule has 0 spiro atoms. The first-order valence-corrected chi connectivity index (χ1v) is 10.5. The fraction of sp³-hybridized carbons (Fsp3) is 0.650. The predicted molar refractivity (Wildman–Crippen MR) is 118 cm³/mol. The van der Waals surface area contributed by atoms with Crippen molar-refractivity contribution >= 4 is 34.9 Å². The summed E-state index contributed by atoms with van der Waals surface area (Å²) in [5.74, 6) is 3.26. The van der Waals surface area contributed by atoms with Crippen LogP contribution < -0.4 is 20.4 Å². The Hall–Kier alpha value is -1.89. The standard InChI is InChI=1S/C20H32N6S/c1-4-10-21-20(27)24-19-22-17(25-11-7-8-15(2)14-25)13-18(23-19)26-12-6-5-9-16(26)3/h4,13,15-16H,1,5-12,14H2,2-3H3,(H2,21,22,23,24,27)/t15-,16+/m0/s1. The molecule has 2 fully saturated rings. The van der Waals surface area contributed by atoms with Gasteiger partial charge in [-0.05, 0) is 57.2 Å². The highest BCUT2D eigenvalue weighted by Gasteiger charge is 2.24. The van der Waals surface area contributed by atoms with Gasteiger partial charge in [0.15, 0.2) is 5.11 Å². The maximum Gasteiger partial charge on any atom is 0.232 e. The maximum absolute atomic E-state index is 5.37. The SMILES string of the molecule is C=CCNC(=S)Nc1nc(N2CCC[C@H](C)C2)cc(N2CCCC[C@H]2C)n1. The van der Waals surface area contributed by atoms with Crippen molar-refractivity contribution in [3.8, 4) is 0 Å². The summed E-state index contributed by atoms with van der Waals surface area (Å²) in [5.41, 5.74) is 0. The topological polar surface area (TPSA) is 56.3 Å². The molecule has 0 radical (unpaired) electrons. The second-order valence-electron chi connectivity index (χ2n) is 7.76. The second-order valence-corrected chi connectivity index (χ2v) is 8.17. The molecule has 3 heterocycles. The molecule has 1 aromatic heterocycles. The fourth-order valence-corrected chi connectivity index (χ4v) is 4.11. The first-order chi connectivity index (χ1) is 13.1. The highest BCUT2D eigenvalue weighted by atomic mass is 32.1. The van der Waals surface area contributed by atoms with Crippen LogP contribution in [-0.4, -0.2) is 47.3 Å². The lowest BCUT2D eigenvalue weighted by atomic mass is 10.0. The van der Waals surface area contributed by atoms with Gasteiger partial charge in [0.05, 0.1) is 0 Å². The van der Waals surface area contributed by atoms with E-state index in [2.05, 4.69) is 46.9 Å². The third-order valence-corrected chi connectivity index (χ3v) is 5.66. The number of thiocarbonyl (C=S) groups is 1. The average Bonchev–Trinajstić information content (AvgIpc) is 2.66. The summed E-state index contributed by atoms with van der Waals surface area (Å²) in [6.07, 6.45) is 8.00. The molecule has 0 aromatic carbocycles. The summed E-state index contributed by atoms with van der Waals surface area (Å²) in [7, 11) is 0. The van der Waals surface area contributed by atoms with E-state index in [-0.39, 0.29) is 0 Å². The van der Waals surface area contributed by atoms with Crippen LogP contribution in [0.25, 0.3) is 0 Å². The van der Waals surface area contributed by atoms with Crippen LogP contribution in [0, 0.1) is 5.92 Å². The van der Waals surface area contributed by atoms with Crippen LogP contribution in [0.15, 0.2) is 18.7 Å². The lowest BCUT2D eigenvalue weighted by molar-refractivity contribution is 0.444.